The molecule has 138 valence electrons. The molecule has 3 aliphatic rings. The number of piperidine rings is 1. The lowest BCUT2D eigenvalue weighted by Crippen LogP contribution is -2.51. The molecule has 0 aromatic rings. The van der Waals surface area contributed by atoms with Gasteiger partial charge in [0.05, 0.1) is 0 Å². The van der Waals surface area contributed by atoms with Gasteiger partial charge in [0.1, 0.15) is 13.1 Å². The molecule has 25 heavy (non-hydrogen) atoms. The van der Waals surface area contributed by atoms with E-state index in [1.807, 2.05) is 9.80 Å². The Bertz CT molecular complexity index is 567. The first-order valence-corrected chi connectivity index (χ1v) is 8.84. The van der Waals surface area contributed by atoms with Crippen molar-refractivity contribution in [2.24, 2.45) is 0 Å². The number of hydrogen-bond donors (Lipinski definition) is 1. The van der Waals surface area contributed by atoms with E-state index < -0.39 is 6.03 Å². The van der Waals surface area contributed by atoms with Gasteiger partial charge < -0.3 is 20.0 Å². The molecule has 0 radical (unpaired) electrons. The number of likely N-dealkylation sites (N-methyl/N-ethyl adjacent to an activating group) is 1. The van der Waals surface area contributed by atoms with Crippen molar-refractivity contribution in [1.82, 2.24) is 24.9 Å². The zero-order chi connectivity index (χ0) is 18.0. The number of imide groups is 1. The van der Waals surface area contributed by atoms with E-state index in [-0.39, 0.29) is 37.0 Å². The normalized spacial score (nSPS) is 22.1. The zero-order valence-electron chi connectivity index (χ0n) is 14.6. The van der Waals surface area contributed by atoms with Crippen LogP contribution in [0.3, 0.4) is 0 Å². The number of urea groups is 2. The van der Waals surface area contributed by atoms with Gasteiger partial charge in [-0.05, 0) is 25.7 Å². The van der Waals surface area contributed by atoms with Crippen LogP contribution in [0.4, 0.5) is 9.59 Å². The number of likely N-dealkylation sites (tertiary alicyclic amines) is 2. The molecule has 0 saturated carbocycles. The van der Waals surface area contributed by atoms with Crippen LogP contribution in [0.2, 0.25) is 0 Å². The minimum absolute atomic E-state index is 0.0170. The Morgan fingerprint density at radius 3 is 2.20 bits per heavy atom. The quantitative estimate of drug-likeness (QED) is 0.705. The van der Waals surface area contributed by atoms with E-state index in [9.17, 15) is 19.2 Å². The van der Waals surface area contributed by atoms with Gasteiger partial charge in [0.2, 0.25) is 5.91 Å². The highest BCUT2D eigenvalue weighted by atomic mass is 16.2. The maximum absolute atomic E-state index is 12.3. The first-order chi connectivity index (χ1) is 12.0. The summed E-state index contributed by atoms with van der Waals surface area (Å²) < 4.78 is 0. The highest BCUT2D eigenvalue weighted by molar-refractivity contribution is 6.04. The topological polar surface area (TPSA) is 93.3 Å². The van der Waals surface area contributed by atoms with Crippen LogP contribution < -0.4 is 5.32 Å². The Balaban J connectivity index is 1.42. The summed E-state index contributed by atoms with van der Waals surface area (Å²) in [6.45, 7) is 2.68. The molecule has 0 aliphatic carbocycles. The number of carbonyl (C=O) groups excluding carboxylic acids is 4. The van der Waals surface area contributed by atoms with E-state index in [0.717, 1.165) is 30.8 Å². The summed E-state index contributed by atoms with van der Waals surface area (Å²) in [5, 5.41) is 2.88. The van der Waals surface area contributed by atoms with E-state index in [2.05, 4.69) is 5.32 Å². The standard InChI is InChI=1S/C16H25N5O4/c1-18-11-14(23)21(15(18)24)10-13(22)17-12-4-8-20(9-5-12)16(25)19-6-2-3-7-19/h12H,2-11H2,1H3,(H,17,22). The largest absolute Gasteiger partial charge is 0.352 e. The number of nitrogens with zero attached hydrogens (tertiary/aromatic N) is 4. The summed E-state index contributed by atoms with van der Waals surface area (Å²) >= 11 is 0. The van der Waals surface area contributed by atoms with E-state index in [1.165, 1.54) is 11.9 Å². The van der Waals surface area contributed by atoms with Crippen molar-refractivity contribution in [1.29, 1.82) is 0 Å². The van der Waals surface area contributed by atoms with Crippen molar-refractivity contribution in [3.63, 3.8) is 0 Å². The second-order valence-corrected chi connectivity index (χ2v) is 6.92. The van der Waals surface area contributed by atoms with Crippen LogP contribution in [-0.4, -0.2) is 95.8 Å². The summed E-state index contributed by atoms with van der Waals surface area (Å²) in [7, 11) is 1.53. The molecule has 0 spiro atoms. The summed E-state index contributed by atoms with van der Waals surface area (Å²) in [5.74, 6) is -0.685. The van der Waals surface area contributed by atoms with E-state index in [0.29, 0.717) is 25.9 Å². The molecule has 9 heteroatoms. The van der Waals surface area contributed by atoms with Gasteiger partial charge in [-0.25, -0.2) is 9.59 Å². The molecule has 3 fully saturated rings. The predicted molar refractivity (Wildman–Crippen MR) is 88.7 cm³/mol. The van der Waals surface area contributed by atoms with Gasteiger partial charge in [0, 0.05) is 39.3 Å². The van der Waals surface area contributed by atoms with E-state index >= 15 is 0 Å². The number of carbonyl (C=O) groups is 4. The van der Waals surface area contributed by atoms with Crippen LogP contribution in [0.1, 0.15) is 25.7 Å². The molecule has 3 saturated heterocycles. The summed E-state index contributed by atoms with van der Waals surface area (Å²) in [4.78, 5) is 54.0. The molecule has 0 unspecified atom stereocenters. The fourth-order valence-corrected chi connectivity index (χ4v) is 3.56. The Morgan fingerprint density at radius 2 is 1.64 bits per heavy atom. The van der Waals surface area contributed by atoms with Gasteiger partial charge in [-0.1, -0.05) is 0 Å². The molecule has 6 amide bonds. The molecule has 9 nitrogen and oxygen atoms in total. The second kappa shape index (κ2) is 7.28. The Morgan fingerprint density at radius 1 is 1.04 bits per heavy atom. The second-order valence-electron chi connectivity index (χ2n) is 6.92. The molecule has 1 N–H and O–H groups in total. The number of rotatable bonds is 3. The number of hydrogen-bond acceptors (Lipinski definition) is 4. The van der Waals surface area contributed by atoms with Crippen molar-refractivity contribution in [3.8, 4) is 0 Å². The molecule has 0 bridgehead atoms. The number of amides is 6. The lowest BCUT2D eigenvalue weighted by atomic mass is 10.1. The predicted octanol–water partition coefficient (Wildman–Crippen LogP) is -0.323. The highest BCUT2D eigenvalue weighted by Crippen LogP contribution is 2.16. The van der Waals surface area contributed by atoms with Gasteiger partial charge in [-0.15, -0.1) is 0 Å². The van der Waals surface area contributed by atoms with Gasteiger partial charge in [0.25, 0.3) is 5.91 Å². The van der Waals surface area contributed by atoms with Crippen molar-refractivity contribution in [3.05, 3.63) is 0 Å². The smallest absolute Gasteiger partial charge is 0.327 e. The summed E-state index contributed by atoms with van der Waals surface area (Å²) in [5.41, 5.74) is 0. The lowest BCUT2D eigenvalue weighted by molar-refractivity contribution is -0.131. The van der Waals surface area contributed by atoms with Crippen LogP contribution >= 0.6 is 0 Å². The number of nitrogens with one attached hydrogen (secondary N) is 1. The van der Waals surface area contributed by atoms with Crippen molar-refractivity contribution in [2.75, 3.05) is 46.3 Å². The first kappa shape index (κ1) is 17.5. The SMILES string of the molecule is CN1CC(=O)N(CC(=O)NC2CCN(C(=O)N3CCCC3)CC2)C1=O. The minimum atomic E-state index is -0.439. The van der Waals surface area contributed by atoms with Crippen LogP contribution in [0.25, 0.3) is 0 Å². The van der Waals surface area contributed by atoms with Crippen LogP contribution in [-0.2, 0) is 9.59 Å². The molecular formula is C16H25N5O4. The summed E-state index contributed by atoms with van der Waals surface area (Å²) in [6.07, 6.45) is 3.52. The van der Waals surface area contributed by atoms with Crippen molar-refractivity contribution in [2.45, 2.75) is 31.7 Å². The van der Waals surface area contributed by atoms with E-state index in [1.54, 1.807) is 0 Å². The van der Waals surface area contributed by atoms with Gasteiger partial charge in [0.15, 0.2) is 0 Å². The maximum atomic E-state index is 12.3. The van der Waals surface area contributed by atoms with Crippen molar-refractivity contribution >= 4 is 23.9 Å². The monoisotopic (exact) mass is 351 g/mol. The average Bonchev–Trinajstić information content (AvgIpc) is 3.20. The molecule has 0 atom stereocenters. The van der Waals surface area contributed by atoms with Gasteiger partial charge >= 0.3 is 12.1 Å². The molecule has 3 rings (SSSR count). The van der Waals surface area contributed by atoms with Gasteiger partial charge in [-0.2, -0.15) is 0 Å². The Kier molecular flexibility index (Phi) is 5.10. The van der Waals surface area contributed by atoms with Crippen LogP contribution in [0.15, 0.2) is 0 Å². The maximum Gasteiger partial charge on any atom is 0.327 e. The summed E-state index contributed by atoms with van der Waals surface area (Å²) in [6, 6.07) is -0.370. The van der Waals surface area contributed by atoms with Crippen molar-refractivity contribution < 1.29 is 19.2 Å². The third kappa shape index (κ3) is 3.85. The fraction of sp³-hybridized carbons (Fsp3) is 0.750. The third-order valence-corrected chi connectivity index (χ3v) is 5.04. The Labute approximate surface area is 146 Å². The highest BCUT2D eigenvalue weighted by Gasteiger charge is 2.35. The first-order valence-electron chi connectivity index (χ1n) is 8.84. The molecular weight excluding hydrogens is 326 g/mol. The van der Waals surface area contributed by atoms with Crippen LogP contribution in [0.5, 0.6) is 0 Å². The molecule has 0 aromatic carbocycles. The van der Waals surface area contributed by atoms with E-state index in [4.69, 9.17) is 0 Å². The molecule has 3 aliphatic heterocycles. The Hall–Kier alpha value is -2.32. The fourth-order valence-electron chi connectivity index (χ4n) is 3.56. The third-order valence-electron chi connectivity index (χ3n) is 5.04. The molecule has 0 aromatic heterocycles. The average molecular weight is 351 g/mol. The zero-order valence-corrected chi connectivity index (χ0v) is 14.6. The van der Waals surface area contributed by atoms with Crippen LogP contribution in [0, 0.1) is 0 Å². The van der Waals surface area contributed by atoms with Gasteiger partial charge in [-0.3, -0.25) is 14.5 Å². The lowest BCUT2D eigenvalue weighted by Gasteiger charge is -2.34. The minimum Gasteiger partial charge on any atom is -0.352 e. The molecule has 3 heterocycles.